The van der Waals surface area contributed by atoms with E-state index < -0.39 is 5.97 Å². The van der Waals surface area contributed by atoms with Crippen molar-refractivity contribution in [3.05, 3.63) is 98.9 Å². The van der Waals surface area contributed by atoms with Crippen LogP contribution in [0.25, 0.3) is 6.08 Å². The van der Waals surface area contributed by atoms with Crippen LogP contribution in [0.5, 0.6) is 5.75 Å². The molecule has 1 N–H and O–H groups in total. The molecule has 0 bridgehead atoms. The molecule has 1 saturated heterocycles. The summed E-state index contributed by atoms with van der Waals surface area (Å²) < 4.78 is 6.33. The van der Waals surface area contributed by atoms with E-state index in [9.17, 15) is 14.7 Å². The number of amides is 1. The maximum atomic E-state index is 13.2. The predicted octanol–water partition coefficient (Wildman–Crippen LogP) is 6.33. The van der Waals surface area contributed by atoms with Crippen molar-refractivity contribution in [2.75, 3.05) is 4.90 Å². The van der Waals surface area contributed by atoms with Crippen molar-refractivity contribution in [2.45, 2.75) is 13.5 Å². The van der Waals surface area contributed by atoms with Gasteiger partial charge in [-0.1, -0.05) is 78.0 Å². The number of nitrogens with zero attached hydrogens (tertiary/aromatic N) is 1. The molecule has 1 amide bonds. The van der Waals surface area contributed by atoms with Gasteiger partial charge in [0.05, 0.1) is 16.2 Å². The average Bonchev–Trinajstić information content (AvgIpc) is 3.07. The molecule has 8 heteroatoms. The van der Waals surface area contributed by atoms with E-state index in [1.54, 1.807) is 25.1 Å². The SMILES string of the molecule is Cc1ccc(C(=O)O)cc1N1C(=O)/C(=C/c2ccccc2OCc2ccccc2Cl)SC1=S. The van der Waals surface area contributed by atoms with Gasteiger partial charge in [0.15, 0.2) is 4.32 Å². The Balaban J connectivity index is 1.62. The van der Waals surface area contributed by atoms with Crippen molar-refractivity contribution in [3.63, 3.8) is 0 Å². The van der Waals surface area contributed by atoms with Gasteiger partial charge in [-0.15, -0.1) is 0 Å². The third-order valence-electron chi connectivity index (χ3n) is 5.04. The number of carboxylic acid groups (broad SMARTS) is 1. The van der Waals surface area contributed by atoms with Crippen molar-refractivity contribution in [1.82, 2.24) is 0 Å². The molecule has 5 nitrogen and oxygen atoms in total. The summed E-state index contributed by atoms with van der Waals surface area (Å²) >= 11 is 12.8. The Bertz CT molecular complexity index is 1310. The number of anilines is 1. The number of carboxylic acids is 1. The minimum Gasteiger partial charge on any atom is -0.488 e. The lowest BCUT2D eigenvalue weighted by molar-refractivity contribution is -0.113. The van der Waals surface area contributed by atoms with Crippen molar-refractivity contribution >= 4 is 63.5 Å². The number of rotatable bonds is 6. The van der Waals surface area contributed by atoms with Gasteiger partial charge in [-0.05, 0) is 42.8 Å². The monoisotopic (exact) mass is 495 g/mol. The van der Waals surface area contributed by atoms with Gasteiger partial charge in [-0.3, -0.25) is 9.69 Å². The molecule has 1 fully saturated rings. The zero-order valence-corrected chi connectivity index (χ0v) is 19.8. The number of ether oxygens (including phenoxy) is 1. The molecule has 4 rings (SSSR count). The van der Waals surface area contributed by atoms with Crippen LogP contribution in [-0.4, -0.2) is 21.3 Å². The second-order valence-electron chi connectivity index (χ2n) is 7.24. The van der Waals surface area contributed by atoms with Gasteiger partial charge in [-0.25, -0.2) is 4.79 Å². The fourth-order valence-electron chi connectivity index (χ4n) is 3.30. The van der Waals surface area contributed by atoms with Crippen LogP contribution in [-0.2, 0) is 11.4 Å². The van der Waals surface area contributed by atoms with Crippen LogP contribution in [0.4, 0.5) is 5.69 Å². The first-order valence-electron chi connectivity index (χ1n) is 9.92. The molecule has 166 valence electrons. The lowest BCUT2D eigenvalue weighted by Crippen LogP contribution is -2.28. The number of hydrogen-bond acceptors (Lipinski definition) is 5. The molecule has 1 aliphatic rings. The van der Waals surface area contributed by atoms with Gasteiger partial charge >= 0.3 is 5.97 Å². The Morgan fingerprint density at radius 3 is 2.64 bits per heavy atom. The van der Waals surface area contributed by atoms with Crippen LogP contribution in [0.15, 0.2) is 71.6 Å². The summed E-state index contributed by atoms with van der Waals surface area (Å²) in [6.07, 6.45) is 1.73. The second-order valence-corrected chi connectivity index (χ2v) is 9.32. The number of carbonyl (C=O) groups is 2. The van der Waals surface area contributed by atoms with Gasteiger partial charge in [0.2, 0.25) is 0 Å². The fraction of sp³-hybridized carbons (Fsp3) is 0.0800. The van der Waals surface area contributed by atoms with Crippen molar-refractivity contribution in [2.24, 2.45) is 0 Å². The molecule has 0 atom stereocenters. The fourth-order valence-corrected chi connectivity index (χ4v) is 4.77. The summed E-state index contributed by atoms with van der Waals surface area (Å²) in [4.78, 5) is 26.4. The number of thioether (sulfide) groups is 1. The second kappa shape index (κ2) is 9.79. The number of benzene rings is 3. The zero-order valence-electron chi connectivity index (χ0n) is 17.4. The van der Waals surface area contributed by atoms with E-state index in [1.165, 1.54) is 17.0 Å². The Morgan fingerprint density at radius 1 is 1.15 bits per heavy atom. The first kappa shape index (κ1) is 23.0. The van der Waals surface area contributed by atoms with Crippen molar-refractivity contribution in [3.8, 4) is 5.75 Å². The minimum absolute atomic E-state index is 0.0898. The summed E-state index contributed by atoms with van der Waals surface area (Å²) in [6, 6.07) is 19.5. The molecule has 33 heavy (non-hydrogen) atoms. The number of hydrogen-bond donors (Lipinski definition) is 1. The highest BCUT2D eigenvalue weighted by atomic mass is 35.5. The number of aromatic carboxylic acids is 1. The van der Waals surface area contributed by atoms with Crippen molar-refractivity contribution < 1.29 is 19.4 Å². The third kappa shape index (κ3) is 4.95. The van der Waals surface area contributed by atoms with Crippen LogP contribution in [0, 0.1) is 6.92 Å². The van der Waals surface area contributed by atoms with E-state index in [0.717, 1.165) is 28.5 Å². The maximum absolute atomic E-state index is 13.2. The predicted molar refractivity (Wildman–Crippen MR) is 136 cm³/mol. The lowest BCUT2D eigenvalue weighted by atomic mass is 10.1. The number of carbonyl (C=O) groups excluding carboxylic acids is 1. The molecule has 3 aromatic carbocycles. The summed E-state index contributed by atoms with van der Waals surface area (Å²) in [5.41, 5.74) is 2.88. The Hall–Kier alpha value is -3.13. The van der Waals surface area contributed by atoms with E-state index in [2.05, 4.69) is 0 Å². The average molecular weight is 496 g/mol. The number of halogens is 1. The number of thiocarbonyl (C=S) groups is 1. The van der Waals surface area contributed by atoms with Gasteiger partial charge in [0, 0.05) is 16.1 Å². The van der Waals surface area contributed by atoms with E-state index >= 15 is 0 Å². The van der Waals surface area contributed by atoms with E-state index in [0.29, 0.717) is 25.7 Å². The molecule has 0 radical (unpaired) electrons. The first-order valence-corrected chi connectivity index (χ1v) is 11.5. The molecule has 3 aromatic rings. The maximum Gasteiger partial charge on any atom is 0.335 e. The van der Waals surface area contributed by atoms with Crippen molar-refractivity contribution in [1.29, 1.82) is 0 Å². The van der Waals surface area contributed by atoms with Crippen LogP contribution < -0.4 is 9.64 Å². The molecule has 0 aromatic heterocycles. The Morgan fingerprint density at radius 2 is 1.88 bits per heavy atom. The quantitative estimate of drug-likeness (QED) is 0.318. The van der Waals surface area contributed by atoms with Crippen LogP contribution in [0.2, 0.25) is 5.02 Å². The smallest absolute Gasteiger partial charge is 0.335 e. The third-order valence-corrected chi connectivity index (χ3v) is 6.71. The summed E-state index contributed by atoms with van der Waals surface area (Å²) in [7, 11) is 0. The molecule has 0 saturated carbocycles. The van der Waals surface area contributed by atoms with Gasteiger partial charge in [0.25, 0.3) is 5.91 Å². The standard InChI is InChI=1S/C25H18ClNO4S2/c1-15-10-11-17(24(29)30)12-20(15)27-23(28)22(33-25(27)32)13-16-6-3-5-9-21(16)31-14-18-7-2-4-8-19(18)26/h2-13H,14H2,1H3,(H,29,30)/b22-13-. The number of aryl methyl sites for hydroxylation is 1. The molecule has 0 aliphatic carbocycles. The highest BCUT2D eigenvalue weighted by Crippen LogP contribution is 2.38. The molecular formula is C25H18ClNO4S2. The summed E-state index contributed by atoms with van der Waals surface area (Å²) in [5, 5.41) is 9.95. The number of para-hydroxylation sites is 1. The largest absolute Gasteiger partial charge is 0.488 e. The molecule has 0 unspecified atom stereocenters. The van der Waals surface area contributed by atoms with Gasteiger partial charge in [0.1, 0.15) is 12.4 Å². The minimum atomic E-state index is -1.07. The molecule has 0 spiro atoms. The first-order chi connectivity index (χ1) is 15.8. The van der Waals surface area contributed by atoms with E-state index in [1.807, 2.05) is 42.5 Å². The zero-order chi connectivity index (χ0) is 23.5. The summed E-state index contributed by atoms with van der Waals surface area (Å²) in [5.74, 6) is -0.773. The Labute approximate surface area is 205 Å². The van der Waals surface area contributed by atoms with Crippen LogP contribution in [0.1, 0.15) is 27.0 Å². The molecule has 1 heterocycles. The normalized spacial score (nSPS) is 14.7. The van der Waals surface area contributed by atoms with Crippen LogP contribution in [0.3, 0.4) is 0 Å². The summed E-state index contributed by atoms with van der Waals surface area (Å²) in [6.45, 7) is 2.09. The lowest BCUT2D eigenvalue weighted by Gasteiger charge is -2.17. The van der Waals surface area contributed by atoms with E-state index in [-0.39, 0.29) is 18.1 Å². The van der Waals surface area contributed by atoms with E-state index in [4.69, 9.17) is 28.6 Å². The molecule has 1 aliphatic heterocycles. The Kier molecular flexibility index (Phi) is 6.83. The van der Waals surface area contributed by atoms with Crippen LogP contribution >= 0.6 is 35.6 Å². The molecular weight excluding hydrogens is 478 g/mol. The van der Waals surface area contributed by atoms with Gasteiger partial charge < -0.3 is 9.84 Å². The highest BCUT2D eigenvalue weighted by Gasteiger charge is 2.34. The van der Waals surface area contributed by atoms with Gasteiger partial charge in [-0.2, -0.15) is 0 Å². The highest BCUT2D eigenvalue weighted by molar-refractivity contribution is 8.27. The topological polar surface area (TPSA) is 66.8 Å².